The molecule has 0 unspecified atom stereocenters. The Balaban J connectivity index is 0.000000685. The van der Waals surface area contributed by atoms with Crippen molar-refractivity contribution >= 4 is 61.4 Å². The molecular weight excluding hydrogens is 1010 g/mol. The summed E-state index contributed by atoms with van der Waals surface area (Å²) in [5.41, 5.74) is 5.82. The number of piperazine rings is 1. The number of ether oxygens (including phenoxy) is 2. The maximum absolute atomic E-state index is 13.9. The predicted octanol–water partition coefficient (Wildman–Crippen LogP) is 9.75. The number of aromatic amines is 1. The second-order valence-corrected chi connectivity index (χ2v) is 18.6. The van der Waals surface area contributed by atoms with E-state index >= 15 is 0 Å². The van der Waals surface area contributed by atoms with Gasteiger partial charge in [0, 0.05) is 102 Å². The van der Waals surface area contributed by atoms with Crippen LogP contribution in [0.4, 0.5) is 10.1 Å². The van der Waals surface area contributed by atoms with Crippen LogP contribution in [-0.4, -0.2) is 75.1 Å². The Kier molecular flexibility index (Phi) is 15.3. The Morgan fingerprint density at radius 1 is 1.05 bits per heavy atom. The standard InChI is InChI=1S/C39H37Cl2FN5O4S.C6H11O.Au/c1-39(2)11-9-27(35(22-39)25-3-5-28(40)6-4-25)24-46-13-15-47(16-14-46)31-7-8-34(36(21-31)51-32-17-26-10-12-43-37(26)44-23-32)38(48)45-52(49,50)33-19-29(41)18-30(42)20-33;1-6-2-4-7-5-3-6;/h3-8,10,12,17,19-21,23H,9,11,13-16,22,24H2,1-2H3,(H,43,44)(H,45,48);6H,1-5H2;/q2*-1;. The second-order valence-electron chi connectivity index (χ2n) is 16.1. The average Bonchev–Trinajstić information content (AvgIpc) is 3.67. The number of anilines is 1. The molecule has 1 radical (unpaired) electrons. The molecule has 60 heavy (non-hydrogen) atoms. The summed E-state index contributed by atoms with van der Waals surface area (Å²) in [5.74, 6) is -0.764. The molecule has 2 fully saturated rings. The van der Waals surface area contributed by atoms with Crippen LogP contribution in [0.1, 0.15) is 61.9 Å². The number of nitrogens with zero attached hydrogens (tertiary/aromatic N) is 3. The number of H-pyrrole nitrogens is 1. The van der Waals surface area contributed by atoms with E-state index < -0.39 is 26.6 Å². The fourth-order valence-corrected chi connectivity index (χ4v) is 9.00. The van der Waals surface area contributed by atoms with Gasteiger partial charge in [0.15, 0.2) is 0 Å². The number of sulfonamides is 1. The van der Waals surface area contributed by atoms with Gasteiger partial charge in [0.05, 0.1) is 11.8 Å². The SMILES string of the molecule is CC1(C)CCC(CN2CCN(c3ccc(C(=O)NS(=O)(=O)c4cc(F)[c-]c(Cl)c4)c(Oc4cnc5[nH]ccc5c4)c3)CC2)=C(c2ccc(Cl)cc2)C1.[Au].[CH2-]C1CCOCC1. The number of aromatic nitrogens is 2. The van der Waals surface area contributed by atoms with E-state index in [1.807, 2.05) is 22.9 Å². The molecule has 1 aliphatic carbocycles. The van der Waals surface area contributed by atoms with Gasteiger partial charge in [-0.05, 0) is 77.1 Å². The van der Waals surface area contributed by atoms with Crippen LogP contribution >= 0.6 is 23.2 Å². The summed E-state index contributed by atoms with van der Waals surface area (Å²) in [4.78, 5) is 25.1. The van der Waals surface area contributed by atoms with Gasteiger partial charge in [-0.25, -0.2) is 22.5 Å². The van der Waals surface area contributed by atoms with Gasteiger partial charge in [0.2, 0.25) is 10.0 Å². The number of hydrogen-bond donors (Lipinski definition) is 2. The second kappa shape index (κ2) is 20.0. The van der Waals surface area contributed by atoms with Crippen LogP contribution in [0.2, 0.25) is 10.0 Å². The van der Waals surface area contributed by atoms with Gasteiger partial charge in [0.1, 0.15) is 17.1 Å². The normalized spacial score (nSPS) is 17.4. The minimum atomic E-state index is -4.48. The molecule has 0 spiro atoms. The van der Waals surface area contributed by atoms with Gasteiger partial charge >= 0.3 is 0 Å². The zero-order chi connectivity index (χ0) is 41.7. The molecule has 2 aliphatic heterocycles. The summed E-state index contributed by atoms with van der Waals surface area (Å²) in [6.45, 7) is 14.5. The van der Waals surface area contributed by atoms with Gasteiger partial charge in [-0.3, -0.25) is 9.69 Å². The smallest absolute Gasteiger partial charge is 0.268 e. The van der Waals surface area contributed by atoms with Crippen molar-refractivity contribution < 1.29 is 49.5 Å². The van der Waals surface area contributed by atoms with Gasteiger partial charge in [-0.15, -0.1) is 29.8 Å². The number of carbonyl (C=O) groups excluding carboxylic acids is 1. The number of nitrogens with one attached hydrogen (secondary N) is 2. The van der Waals surface area contributed by atoms with E-state index in [0.717, 1.165) is 106 Å². The molecular formula is C45H48AuCl2FN5O5S-2. The van der Waals surface area contributed by atoms with Crippen molar-refractivity contribution in [2.45, 2.75) is 50.8 Å². The van der Waals surface area contributed by atoms with Crippen LogP contribution in [0.25, 0.3) is 16.6 Å². The van der Waals surface area contributed by atoms with Crippen molar-refractivity contribution in [1.29, 1.82) is 0 Å². The zero-order valence-corrected chi connectivity index (χ0v) is 38.0. The van der Waals surface area contributed by atoms with Gasteiger partial charge in [0.25, 0.3) is 5.91 Å². The van der Waals surface area contributed by atoms with Crippen LogP contribution in [0.5, 0.6) is 11.5 Å². The van der Waals surface area contributed by atoms with Crippen molar-refractivity contribution in [3.63, 3.8) is 0 Å². The zero-order valence-electron chi connectivity index (χ0n) is 33.5. The topological polar surface area (TPSA) is 117 Å². The Labute approximate surface area is 377 Å². The summed E-state index contributed by atoms with van der Waals surface area (Å²) in [5, 5.41) is 1.29. The van der Waals surface area contributed by atoms with E-state index in [4.69, 9.17) is 32.7 Å². The predicted molar refractivity (Wildman–Crippen MR) is 231 cm³/mol. The Hall–Kier alpha value is -3.72. The van der Waals surface area contributed by atoms with Crippen LogP contribution in [0, 0.1) is 30.1 Å². The molecule has 8 rings (SSSR count). The number of pyridine rings is 1. The number of benzene rings is 3. The van der Waals surface area contributed by atoms with Crippen LogP contribution in [-0.2, 0) is 37.1 Å². The molecule has 1 amide bonds. The first-order valence-electron chi connectivity index (χ1n) is 19.8. The summed E-state index contributed by atoms with van der Waals surface area (Å²) in [6.07, 6.45) is 8.80. The molecule has 3 aliphatic rings. The number of amides is 1. The largest absolute Gasteiger partial charge is 0.455 e. The van der Waals surface area contributed by atoms with Crippen LogP contribution < -0.4 is 14.4 Å². The minimum Gasteiger partial charge on any atom is -0.455 e. The maximum Gasteiger partial charge on any atom is 0.268 e. The molecule has 15 heteroatoms. The number of allylic oxidation sites excluding steroid dienone is 1. The Bertz CT molecular complexity index is 2410. The number of rotatable bonds is 9. The van der Waals surface area contributed by atoms with E-state index in [0.29, 0.717) is 17.3 Å². The first-order chi connectivity index (χ1) is 28.2. The van der Waals surface area contributed by atoms with E-state index in [9.17, 15) is 17.6 Å². The quantitative estimate of drug-likeness (QED) is 0.111. The van der Waals surface area contributed by atoms with Gasteiger partial charge < -0.3 is 26.3 Å². The third kappa shape index (κ3) is 11.8. The molecule has 0 bridgehead atoms. The van der Waals surface area contributed by atoms with E-state index in [1.54, 1.807) is 24.4 Å². The number of hydrogen-bond acceptors (Lipinski definition) is 8. The summed E-state index contributed by atoms with van der Waals surface area (Å²) >= 11 is 12.0. The molecule has 0 saturated carbocycles. The fourth-order valence-electron chi connectivity index (χ4n) is 7.60. The van der Waals surface area contributed by atoms with Crippen LogP contribution in [0.3, 0.4) is 0 Å². The van der Waals surface area contributed by atoms with E-state index in [1.165, 1.54) is 29.0 Å². The van der Waals surface area contributed by atoms with Crippen molar-refractivity contribution in [2.24, 2.45) is 11.3 Å². The Morgan fingerprint density at radius 3 is 2.47 bits per heavy atom. The number of fused-ring (bicyclic) bond motifs is 1. The molecule has 2 N–H and O–H groups in total. The average molecular weight is 1060 g/mol. The van der Waals surface area contributed by atoms with E-state index in [2.05, 4.69) is 58.7 Å². The molecule has 0 atom stereocenters. The molecule has 3 aromatic carbocycles. The molecule has 323 valence electrons. The first-order valence-corrected chi connectivity index (χ1v) is 22.0. The molecule has 4 heterocycles. The first kappa shape index (κ1) is 45.8. The monoisotopic (exact) mass is 1060 g/mol. The molecule has 10 nitrogen and oxygen atoms in total. The molecule has 5 aromatic rings. The third-order valence-corrected chi connectivity index (χ3v) is 12.8. The number of halogens is 3. The van der Waals surface area contributed by atoms with Crippen molar-refractivity contribution in [3.8, 4) is 11.5 Å². The van der Waals surface area contributed by atoms with Crippen LogP contribution in [0.15, 0.2) is 89.6 Å². The van der Waals surface area contributed by atoms with Crippen molar-refractivity contribution in [2.75, 3.05) is 50.8 Å². The molecule has 2 saturated heterocycles. The third-order valence-electron chi connectivity index (χ3n) is 11.0. The Morgan fingerprint density at radius 2 is 1.78 bits per heavy atom. The summed E-state index contributed by atoms with van der Waals surface area (Å²) in [6, 6.07) is 20.7. The number of carbonyl (C=O) groups is 1. The summed E-state index contributed by atoms with van der Waals surface area (Å²) < 4.78 is 53.5. The van der Waals surface area contributed by atoms with Gasteiger partial charge in [-0.1, -0.05) is 61.0 Å². The maximum atomic E-state index is 13.9. The summed E-state index contributed by atoms with van der Waals surface area (Å²) in [7, 11) is -4.48. The van der Waals surface area contributed by atoms with Gasteiger partial charge in [-0.2, -0.15) is 5.92 Å². The minimum absolute atomic E-state index is 0. The van der Waals surface area contributed by atoms with Crippen molar-refractivity contribution in [1.82, 2.24) is 19.6 Å². The molecule has 2 aromatic heterocycles. The fraction of sp³-hybridized carbons (Fsp3) is 0.356. The van der Waals surface area contributed by atoms with E-state index in [-0.39, 0.29) is 44.1 Å². The van der Waals surface area contributed by atoms with Crippen molar-refractivity contribution in [3.05, 3.63) is 125 Å².